The Balaban J connectivity index is 1.77. The van der Waals surface area contributed by atoms with Gasteiger partial charge in [-0.15, -0.1) is 0 Å². The minimum atomic E-state index is -0.454. The van der Waals surface area contributed by atoms with Gasteiger partial charge in [-0.25, -0.2) is 0 Å². The summed E-state index contributed by atoms with van der Waals surface area (Å²) >= 11 is 1.30. The van der Waals surface area contributed by atoms with E-state index in [1.807, 2.05) is 13.8 Å². The lowest BCUT2D eigenvalue weighted by Crippen LogP contribution is -2.47. The average Bonchev–Trinajstić information content (AvgIpc) is 2.88. The molecule has 0 saturated carbocycles. The lowest BCUT2D eigenvalue weighted by atomic mass is 10.2. The highest BCUT2D eigenvalue weighted by Crippen LogP contribution is 2.32. The predicted octanol–water partition coefficient (Wildman–Crippen LogP) is 2.67. The highest BCUT2D eigenvalue weighted by Gasteiger charge is 2.31. The van der Waals surface area contributed by atoms with Crippen LogP contribution in [0.4, 0.5) is 5.69 Å². The zero-order valence-corrected chi connectivity index (χ0v) is 14.2. The second-order valence-electron chi connectivity index (χ2n) is 5.82. The SMILES string of the molecule is CC1CN(C2=NC(=O)/C(=C/c3cccc([N+](=O)[O-])c3)S2)CC(C)O1. The summed E-state index contributed by atoms with van der Waals surface area (Å²) in [5, 5.41) is 11.5. The molecule has 2 aliphatic heterocycles. The lowest BCUT2D eigenvalue weighted by molar-refractivity contribution is -0.384. The molecule has 1 aromatic carbocycles. The fourth-order valence-corrected chi connectivity index (χ4v) is 3.68. The Hall–Kier alpha value is -2.19. The first-order valence-electron chi connectivity index (χ1n) is 7.60. The first-order chi connectivity index (χ1) is 11.4. The molecule has 3 rings (SSSR count). The van der Waals surface area contributed by atoms with Crippen LogP contribution in [0.2, 0.25) is 0 Å². The van der Waals surface area contributed by atoms with Crippen LogP contribution in [-0.4, -0.2) is 46.2 Å². The van der Waals surface area contributed by atoms with Crippen LogP contribution in [0.25, 0.3) is 6.08 Å². The monoisotopic (exact) mass is 347 g/mol. The summed E-state index contributed by atoms with van der Waals surface area (Å²) in [4.78, 5) is 29.2. The number of hydrogen-bond donors (Lipinski definition) is 0. The fraction of sp³-hybridized carbons (Fsp3) is 0.375. The molecule has 2 aliphatic rings. The predicted molar refractivity (Wildman–Crippen MR) is 92.7 cm³/mol. The Morgan fingerprint density at radius 2 is 2.08 bits per heavy atom. The molecule has 8 heteroatoms. The number of amides is 1. The van der Waals surface area contributed by atoms with Gasteiger partial charge in [0.25, 0.3) is 11.6 Å². The number of benzene rings is 1. The molecule has 0 N–H and O–H groups in total. The first-order valence-corrected chi connectivity index (χ1v) is 8.41. The van der Waals surface area contributed by atoms with E-state index in [0.717, 1.165) is 0 Å². The molecule has 2 unspecified atom stereocenters. The number of aliphatic imine (C=N–C) groups is 1. The fourth-order valence-electron chi connectivity index (χ4n) is 2.75. The van der Waals surface area contributed by atoms with E-state index in [1.54, 1.807) is 18.2 Å². The van der Waals surface area contributed by atoms with E-state index < -0.39 is 4.92 Å². The van der Waals surface area contributed by atoms with E-state index in [2.05, 4.69) is 9.89 Å². The van der Waals surface area contributed by atoms with Gasteiger partial charge < -0.3 is 9.64 Å². The summed E-state index contributed by atoms with van der Waals surface area (Å²) in [6.45, 7) is 5.36. The number of carbonyl (C=O) groups is 1. The highest BCUT2D eigenvalue weighted by atomic mass is 32.2. The van der Waals surface area contributed by atoms with Crippen LogP contribution in [0.3, 0.4) is 0 Å². The molecule has 24 heavy (non-hydrogen) atoms. The maximum atomic E-state index is 12.1. The van der Waals surface area contributed by atoms with Crippen LogP contribution < -0.4 is 0 Å². The van der Waals surface area contributed by atoms with Crippen molar-refractivity contribution in [2.75, 3.05) is 13.1 Å². The molecule has 0 aliphatic carbocycles. The number of nitrogens with zero attached hydrogens (tertiary/aromatic N) is 3. The van der Waals surface area contributed by atoms with Crippen molar-refractivity contribution in [1.29, 1.82) is 0 Å². The molecule has 2 heterocycles. The van der Waals surface area contributed by atoms with Crippen LogP contribution >= 0.6 is 11.8 Å². The molecule has 2 atom stereocenters. The maximum Gasteiger partial charge on any atom is 0.286 e. The van der Waals surface area contributed by atoms with Gasteiger partial charge in [-0.2, -0.15) is 4.99 Å². The zero-order valence-electron chi connectivity index (χ0n) is 13.3. The van der Waals surface area contributed by atoms with E-state index in [4.69, 9.17) is 4.74 Å². The normalized spacial score (nSPS) is 25.9. The maximum absolute atomic E-state index is 12.1. The number of thioether (sulfide) groups is 1. The average molecular weight is 347 g/mol. The van der Waals surface area contributed by atoms with Crippen molar-refractivity contribution in [3.05, 3.63) is 44.8 Å². The molecule has 1 aromatic rings. The van der Waals surface area contributed by atoms with Crippen molar-refractivity contribution >= 4 is 34.6 Å². The largest absolute Gasteiger partial charge is 0.372 e. The number of rotatable bonds is 2. The summed E-state index contributed by atoms with van der Waals surface area (Å²) in [7, 11) is 0. The molecule has 1 amide bonds. The second-order valence-corrected chi connectivity index (χ2v) is 6.83. The zero-order chi connectivity index (χ0) is 17.3. The Morgan fingerprint density at radius 1 is 1.38 bits per heavy atom. The number of amidine groups is 1. The highest BCUT2D eigenvalue weighted by molar-refractivity contribution is 8.18. The Labute approximate surface area is 143 Å². The van der Waals surface area contributed by atoms with Crippen molar-refractivity contribution in [3.8, 4) is 0 Å². The first kappa shape index (κ1) is 16.7. The number of carbonyl (C=O) groups excluding carboxylic acids is 1. The minimum Gasteiger partial charge on any atom is -0.372 e. The van der Waals surface area contributed by atoms with Crippen LogP contribution in [0.5, 0.6) is 0 Å². The molecule has 7 nitrogen and oxygen atoms in total. The van der Waals surface area contributed by atoms with Crippen LogP contribution in [-0.2, 0) is 9.53 Å². The number of non-ortho nitro benzene ring substituents is 1. The summed E-state index contributed by atoms with van der Waals surface area (Å²) in [5.41, 5.74) is 0.608. The molecule has 0 spiro atoms. The molecule has 0 radical (unpaired) electrons. The summed E-state index contributed by atoms with van der Waals surface area (Å²) in [5.74, 6) is -0.312. The summed E-state index contributed by atoms with van der Waals surface area (Å²) < 4.78 is 5.69. The van der Waals surface area contributed by atoms with Crippen molar-refractivity contribution in [3.63, 3.8) is 0 Å². The summed E-state index contributed by atoms with van der Waals surface area (Å²) in [6.07, 6.45) is 1.80. The van der Waals surface area contributed by atoms with E-state index >= 15 is 0 Å². The van der Waals surface area contributed by atoms with Gasteiger partial charge >= 0.3 is 0 Å². The van der Waals surface area contributed by atoms with E-state index in [-0.39, 0.29) is 23.8 Å². The van der Waals surface area contributed by atoms with Gasteiger partial charge in [0.1, 0.15) is 0 Å². The standard InChI is InChI=1S/C16H17N3O4S/c1-10-8-18(9-11(2)23-10)16-17-15(20)14(24-16)7-12-4-3-5-13(6-12)19(21)22/h3-7,10-11H,8-9H2,1-2H3/b14-7-. The third-order valence-corrected chi connectivity index (χ3v) is 4.72. The van der Waals surface area contributed by atoms with E-state index in [9.17, 15) is 14.9 Å². The van der Waals surface area contributed by atoms with Crippen molar-refractivity contribution in [2.24, 2.45) is 4.99 Å². The van der Waals surface area contributed by atoms with Gasteiger partial charge in [-0.3, -0.25) is 14.9 Å². The molecule has 0 aromatic heterocycles. The Morgan fingerprint density at radius 3 is 2.75 bits per heavy atom. The molecule has 126 valence electrons. The topological polar surface area (TPSA) is 85.0 Å². The van der Waals surface area contributed by atoms with Gasteiger partial charge in [0.2, 0.25) is 0 Å². The number of hydrogen-bond acceptors (Lipinski definition) is 6. The van der Waals surface area contributed by atoms with Crippen molar-refractivity contribution < 1.29 is 14.5 Å². The molecule has 1 fully saturated rings. The minimum absolute atomic E-state index is 0.00299. The van der Waals surface area contributed by atoms with Crippen LogP contribution in [0.15, 0.2) is 34.2 Å². The number of ether oxygens (including phenoxy) is 1. The number of nitro groups is 1. The molecular weight excluding hydrogens is 330 g/mol. The third-order valence-electron chi connectivity index (χ3n) is 3.68. The third kappa shape index (κ3) is 3.65. The van der Waals surface area contributed by atoms with Gasteiger partial charge in [-0.1, -0.05) is 12.1 Å². The van der Waals surface area contributed by atoms with E-state index in [0.29, 0.717) is 28.7 Å². The molecule has 0 bridgehead atoms. The Bertz CT molecular complexity index is 737. The lowest BCUT2D eigenvalue weighted by Gasteiger charge is -2.35. The molecule has 1 saturated heterocycles. The number of nitro benzene ring substituents is 1. The Kier molecular flexibility index (Phi) is 4.68. The van der Waals surface area contributed by atoms with E-state index in [1.165, 1.54) is 23.9 Å². The van der Waals surface area contributed by atoms with Crippen LogP contribution in [0, 0.1) is 10.1 Å². The van der Waals surface area contributed by atoms with Crippen molar-refractivity contribution in [1.82, 2.24) is 4.90 Å². The molecular formula is C16H17N3O4S. The quantitative estimate of drug-likeness (QED) is 0.464. The van der Waals surface area contributed by atoms with Gasteiger partial charge in [-0.05, 0) is 37.2 Å². The van der Waals surface area contributed by atoms with Gasteiger partial charge in [0.05, 0.1) is 22.0 Å². The number of morpholine rings is 1. The van der Waals surface area contributed by atoms with Gasteiger partial charge in [0.15, 0.2) is 5.17 Å². The smallest absolute Gasteiger partial charge is 0.286 e. The van der Waals surface area contributed by atoms with Gasteiger partial charge in [0, 0.05) is 25.2 Å². The van der Waals surface area contributed by atoms with Crippen molar-refractivity contribution in [2.45, 2.75) is 26.1 Å². The van der Waals surface area contributed by atoms with Crippen LogP contribution in [0.1, 0.15) is 19.4 Å². The summed E-state index contributed by atoms with van der Waals surface area (Å²) in [6, 6.07) is 6.19. The second kappa shape index (κ2) is 6.74.